The summed E-state index contributed by atoms with van der Waals surface area (Å²) in [5.41, 5.74) is 41.9. The van der Waals surface area contributed by atoms with Crippen molar-refractivity contribution in [2.24, 2.45) is 57.9 Å². The van der Waals surface area contributed by atoms with Crippen molar-refractivity contribution in [1.29, 1.82) is 10.8 Å². The molecular weight excluding hydrogens is 1910 g/mol. The Morgan fingerprint density at radius 2 is 0.810 bits per heavy atom. The van der Waals surface area contributed by atoms with Crippen LogP contribution >= 0.6 is 0 Å². The number of unbranched alkanes of at least 4 members (excludes halogenated alkanes) is 2. The van der Waals surface area contributed by atoms with Crippen LogP contribution in [0, 0.1) is 28.6 Å². The molecule has 147 heavy (non-hydrogen) atoms. The number of imidazole rings is 1. The van der Waals surface area contributed by atoms with E-state index in [9.17, 15) is 102 Å². The van der Waals surface area contributed by atoms with Crippen LogP contribution in [-0.4, -0.2) is 294 Å². The van der Waals surface area contributed by atoms with Gasteiger partial charge in [0.05, 0.1) is 31.5 Å². The topological polar surface area (TPSA) is 863 Å². The Morgan fingerprint density at radius 1 is 0.435 bits per heavy atom. The number of rotatable bonds is 66. The van der Waals surface area contributed by atoms with Gasteiger partial charge in [-0.3, -0.25) is 97.1 Å². The summed E-state index contributed by atoms with van der Waals surface area (Å²) in [6, 6.07) is -7.82. The van der Waals surface area contributed by atoms with Crippen molar-refractivity contribution in [3.8, 4) is 17.2 Å². The van der Waals surface area contributed by atoms with Crippen molar-refractivity contribution in [1.82, 2.24) is 99.9 Å². The lowest BCUT2D eigenvalue weighted by atomic mass is 9.95. The number of primary amides is 3. The largest absolute Gasteiger partial charge is 0.508 e. The number of carbonyl (C=O) groups is 18. The highest BCUT2D eigenvalue weighted by molar-refractivity contribution is 6.02. The van der Waals surface area contributed by atoms with Gasteiger partial charge in [-0.15, -0.1) is 0 Å². The number of phenolic OH excluding ortho intramolecular Hbond substituents is 3. The number of hydrogen-bond donors (Lipinski definition) is 31. The van der Waals surface area contributed by atoms with Crippen LogP contribution < -0.4 is 125 Å². The molecule has 1 aromatic heterocycles. The van der Waals surface area contributed by atoms with E-state index in [1.54, 1.807) is 53.7 Å². The van der Waals surface area contributed by atoms with Crippen LogP contribution in [0.2, 0.25) is 0 Å². The van der Waals surface area contributed by atoms with Gasteiger partial charge in [0, 0.05) is 57.2 Å². The van der Waals surface area contributed by atoms with E-state index in [-0.39, 0.29) is 145 Å². The average Bonchev–Trinajstić information content (AvgIpc) is 1.77. The SMILES string of the molecule is CCCC[C@H](NC(=O)[C@H](CCCCN)NC(=O)[C@H](CO)NC(=O)[C@@H]1CCCN1C(=O)[C@@H](N)Cc1ccc(O)cc1)C(=O)N[C@@H](Cc1cnc[nH]1)C(=O)N[C@@H](Cc1ccc(O)cc1)C(=O)N[C@H](C(=O)N[C@@H](CC(N)=O)C(=O)N[C@@H](CC(C)C)C(=O)N[C@H](C(=O)N[C@H](C(=O)N[C@@H](CCCNC(=N)N)C(=O)N[C@@H](CCC(N)=O)C(=O)N[C@@H](CCCNC(=N)N)C(=O)N[C@@H](Cc1ccc(O)cc1)C(N)=O)[C@@H](C)O)[C@@H](C)CC)[C@@H](C)CC. The maximum Gasteiger partial charge on any atom is 0.245 e. The molecule has 0 saturated carbocycles. The highest BCUT2D eigenvalue weighted by Gasteiger charge is 2.43. The molecule has 38 N–H and O–H groups in total. The van der Waals surface area contributed by atoms with Crippen LogP contribution in [-0.2, 0) is 112 Å². The molecule has 0 aliphatic carbocycles. The van der Waals surface area contributed by atoms with Crippen molar-refractivity contribution in [3.05, 3.63) is 108 Å². The summed E-state index contributed by atoms with van der Waals surface area (Å²) in [4.78, 5) is 265. The van der Waals surface area contributed by atoms with Gasteiger partial charge >= 0.3 is 0 Å². The van der Waals surface area contributed by atoms with Crippen molar-refractivity contribution in [2.75, 3.05) is 32.8 Å². The molecule has 1 fully saturated rings. The van der Waals surface area contributed by atoms with Crippen LogP contribution in [0.25, 0.3) is 0 Å². The number of hydrogen-bond acceptors (Lipinski definition) is 28. The number of aliphatic hydroxyl groups is 2. The number of nitrogens with two attached hydrogens (primary N) is 7. The fraction of sp³-hybridized carbons (Fsp3) is 0.573. The van der Waals surface area contributed by atoms with E-state index >= 15 is 9.59 Å². The second kappa shape index (κ2) is 62.7. The van der Waals surface area contributed by atoms with Gasteiger partial charge in [-0.1, -0.05) is 111 Å². The molecule has 4 aromatic rings. The molecule has 1 aliphatic rings. The summed E-state index contributed by atoms with van der Waals surface area (Å²) in [6.45, 7) is 12.0. The Hall–Kier alpha value is -14.9. The van der Waals surface area contributed by atoms with Crippen molar-refractivity contribution < 1.29 is 112 Å². The summed E-state index contributed by atoms with van der Waals surface area (Å²) in [5.74, 6) is -21.3. The minimum Gasteiger partial charge on any atom is -0.508 e. The average molecular weight is 2060 g/mol. The molecule has 0 spiro atoms. The molecule has 51 nitrogen and oxygen atoms in total. The number of aliphatic hydroxyl groups excluding tert-OH is 2. The predicted molar refractivity (Wildman–Crippen MR) is 537 cm³/mol. The van der Waals surface area contributed by atoms with Gasteiger partial charge in [0.25, 0.3) is 0 Å². The number of aromatic amines is 1. The normalized spacial score (nSPS) is 15.9. The maximum absolute atomic E-state index is 15.2. The number of aromatic hydroxyl groups is 3. The number of guanidine groups is 2. The number of amides is 18. The fourth-order valence-corrected chi connectivity index (χ4v) is 15.9. The second-order valence-corrected chi connectivity index (χ2v) is 37.1. The first-order chi connectivity index (χ1) is 69.6. The first kappa shape index (κ1) is 123. The Balaban J connectivity index is 1.39. The van der Waals surface area contributed by atoms with Crippen LogP contribution in [0.4, 0.5) is 0 Å². The second-order valence-electron chi connectivity index (χ2n) is 37.1. The predicted octanol–water partition coefficient (Wildman–Crippen LogP) is -6.11. The number of aromatic nitrogens is 2. The molecule has 18 amide bonds. The van der Waals surface area contributed by atoms with Crippen LogP contribution in [0.15, 0.2) is 85.3 Å². The first-order valence-corrected chi connectivity index (χ1v) is 49.2. The Labute approximate surface area is 852 Å². The van der Waals surface area contributed by atoms with Crippen LogP contribution in [0.5, 0.6) is 17.2 Å². The molecule has 2 heterocycles. The lowest BCUT2D eigenvalue weighted by molar-refractivity contribution is -0.141. The monoisotopic (exact) mass is 2060 g/mol. The first-order valence-electron chi connectivity index (χ1n) is 49.2. The highest BCUT2D eigenvalue weighted by atomic mass is 16.3. The quantitative estimate of drug-likeness (QED) is 0.0111. The number of H-pyrrole nitrogens is 1. The summed E-state index contributed by atoms with van der Waals surface area (Å²) >= 11 is 0. The minimum atomic E-state index is -1.96. The molecule has 0 bridgehead atoms. The molecule has 0 radical (unpaired) electrons. The van der Waals surface area contributed by atoms with Gasteiger partial charge in [0.2, 0.25) is 106 Å². The van der Waals surface area contributed by atoms with Crippen LogP contribution in [0.1, 0.15) is 193 Å². The third kappa shape index (κ3) is 42.7. The van der Waals surface area contributed by atoms with Crippen molar-refractivity contribution >= 4 is 118 Å². The maximum atomic E-state index is 15.2. The summed E-state index contributed by atoms with van der Waals surface area (Å²) in [7, 11) is 0. The third-order valence-electron chi connectivity index (χ3n) is 24.7. The molecule has 5 rings (SSSR count). The molecule has 1 saturated heterocycles. The number of carbonyl (C=O) groups excluding carboxylic acids is 18. The van der Waals surface area contributed by atoms with E-state index in [2.05, 4.69) is 95.0 Å². The Bertz CT molecular complexity index is 5060. The van der Waals surface area contributed by atoms with Crippen molar-refractivity contribution in [3.63, 3.8) is 0 Å². The Kier molecular flexibility index (Phi) is 52.3. The van der Waals surface area contributed by atoms with Crippen LogP contribution in [0.3, 0.4) is 0 Å². The van der Waals surface area contributed by atoms with Gasteiger partial charge in [-0.25, -0.2) is 4.98 Å². The number of benzene rings is 3. The Morgan fingerprint density at radius 3 is 1.23 bits per heavy atom. The number of likely N-dealkylation sites (tertiary alicyclic amines) is 1. The lowest BCUT2D eigenvalue weighted by Gasteiger charge is -2.31. The summed E-state index contributed by atoms with van der Waals surface area (Å²) in [6.07, 6.45) is -0.420. The van der Waals surface area contributed by atoms with E-state index in [1.807, 2.05) is 6.92 Å². The number of phenols is 3. The van der Waals surface area contributed by atoms with Gasteiger partial charge in [-0.2, -0.15) is 0 Å². The van der Waals surface area contributed by atoms with Gasteiger partial charge in [0.1, 0.15) is 108 Å². The zero-order valence-corrected chi connectivity index (χ0v) is 84.2. The van der Waals surface area contributed by atoms with E-state index in [4.69, 9.17) is 51.0 Å². The third-order valence-corrected chi connectivity index (χ3v) is 24.7. The molecule has 51 heteroatoms. The molecular formula is C96H150N28O23. The molecule has 3 aromatic carbocycles. The standard InChI is InChI=1S/C96H150N28O23/c1-9-12-18-62(110-80(133)63(19-13-14-37-97)112-89(142)72(48-125)120-90(143)73-22-17-40-124(73)94(147)61(98)42-54-23-29-58(127)30-24-54)83(136)118-70(45-57-47-106-49-109-57)85(138)117-69(44-56-27-33-60(129)34-28-56)88(141)121-76(51(6)10-2)91(144)119-71(46-75(100)131)86(139)116-68(41-50(4)5)87(140)122-77(52(7)11-3)92(145)123-78(53(8)126)93(146)114-65(21-16-39-108-96(104)105)81(134)113-66(35-36-74(99)130)84(137)111-64(20-15-38-107-95(102)103)82(135)115-67(79(101)132)43-55-25-31-59(128)32-26-55/h23-34,47,49-53,61-73,76-78,125-129H,9-22,35-46,48,97-98H2,1-8H3,(H2,99,130)(H2,100,131)(H2,101,132)(H,106,109)(H,110,133)(H,111,137)(H,112,142)(H,113,134)(H,114,146)(H,115,135)(H,116,139)(H,117,138)(H,118,136)(H,119,144)(H,120,143)(H,121,141)(H,122,140)(H,123,145)(H4,102,103,107)(H4,104,105,108)/t51-,52-,53+,61-,62-,63-,64-,65-,66-,67-,68-,69-,70-,71-,72-,73-,76-,77-,78-/m0/s1. The van der Waals surface area contributed by atoms with E-state index in [1.165, 1.54) is 78.1 Å². The zero-order valence-electron chi connectivity index (χ0n) is 84.2. The molecule has 1 aliphatic heterocycles. The zero-order chi connectivity index (χ0) is 109. The molecule has 19 atom stereocenters. The van der Waals surface area contributed by atoms with Crippen molar-refractivity contribution in [2.45, 2.75) is 299 Å². The fourth-order valence-electron chi connectivity index (χ4n) is 15.9. The molecule has 0 unspecified atom stereocenters. The van der Waals surface area contributed by atoms with E-state index in [0.29, 0.717) is 42.4 Å². The number of nitrogens with one attached hydrogen (secondary N) is 19. The molecule has 812 valence electrons. The summed E-state index contributed by atoms with van der Waals surface area (Å²) in [5, 5.41) is 108. The number of nitrogens with zero attached hydrogens (tertiary/aromatic N) is 2. The van der Waals surface area contributed by atoms with E-state index < -0.39 is 265 Å². The van der Waals surface area contributed by atoms with Gasteiger partial charge in [-0.05, 0) is 168 Å². The smallest absolute Gasteiger partial charge is 0.245 e. The minimum absolute atomic E-state index is 0.00747. The summed E-state index contributed by atoms with van der Waals surface area (Å²) < 4.78 is 0. The van der Waals surface area contributed by atoms with E-state index in [0.717, 1.165) is 6.92 Å². The van der Waals surface area contributed by atoms with Gasteiger partial charge < -0.3 is 161 Å². The highest BCUT2D eigenvalue weighted by Crippen LogP contribution is 2.24. The van der Waals surface area contributed by atoms with Gasteiger partial charge in [0.15, 0.2) is 11.9 Å². The lowest BCUT2D eigenvalue weighted by Crippen LogP contribution is -2.63.